The Kier molecular flexibility index (Phi) is 4.31. The van der Waals surface area contributed by atoms with E-state index in [1.54, 1.807) is 0 Å². The molecule has 0 saturated heterocycles. The molecule has 1 saturated carbocycles. The number of sulfonamides is 1. The standard InChI is InChI=1S/C15H23FN2O2S/c1-10-7-12(8-13(17)14(10)16)21(19,20)18-11-5-4-6-15(2,3)9-11/h7-8,11,18H,4-6,9,17H2,1-3H3. The van der Waals surface area contributed by atoms with Gasteiger partial charge in [0.1, 0.15) is 5.82 Å². The first kappa shape index (κ1) is 16.2. The lowest BCUT2D eigenvalue weighted by Crippen LogP contribution is -2.40. The van der Waals surface area contributed by atoms with Crippen LogP contribution in [-0.4, -0.2) is 14.5 Å². The van der Waals surface area contributed by atoms with E-state index in [-0.39, 0.29) is 27.6 Å². The molecule has 0 amide bonds. The van der Waals surface area contributed by atoms with Crippen molar-refractivity contribution in [1.29, 1.82) is 0 Å². The van der Waals surface area contributed by atoms with Crippen LogP contribution < -0.4 is 10.5 Å². The van der Waals surface area contributed by atoms with E-state index in [4.69, 9.17) is 5.73 Å². The van der Waals surface area contributed by atoms with Crippen LogP contribution in [0.1, 0.15) is 45.1 Å². The number of anilines is 1. The second-order valence-corrected chi connectivity index (χ2v) is 8.44. The SMILES string of the molecule is Cc1cc(S(=O)(=O)NC2CCCC(C)(C)C2)cc(N)c1F. The Hall–Kier alpha value is -1.14. The van der Waals surface area contributed by atoms with Crippen molar-refractivity contribution in [2.24, 2.45) is 5.41 Å². The Balaban J connectivity index is 2.23. The quantitative estimate of drug-likeness (QED) is 0.843. The molecule has 1 aromatic rings. The van der Waals surface area contributed by atoms with Crippen LogP contribution in [0.25, 0.3) is 0 Å². The van der Waals surface area contributed by atoms with E-state index in [2.05, 4.69) is 18.6 Å². The number of halogens is 1. The summed E-state index contributed by atoms with van der Waals surface area (Å²) in [4.78, 5) is 0.0299. The van der Waals surface area contributed by atoms with Gasteiger partial charge in [-0.05, 0) is 49.3 Å². The molecule has 1 aliphatic rings. The predicted molar refractivity (Wildman–Crippen MR) is 81.9 cm³/mol. The molecule has 1 fully saturated rings. The lowest BCUT2D eigenvalue weighted by Gasteiger charge is -2.35. The number of nitrogen functional groups attached to an aromatic ring is 1. The van der Waals surface area contributed by atoms with Crippen LogP contribution in [0.3, 0.4) is 0 Å². The van der Waals surface area contributed by atoms with Gasteiger partial charge in [0.2, 0.25) is 10.0 Å². The summed E-state index contributed by atoms with van der Waals surface area (Å²) in [5.74, 6) is -0.562. The zero-order valence-electron chi connectivity index (χ0n) is 12.7. The largest absolute Gasteiger partial charge is 0.396 e. The Morgan fingerprint density at radius 3 is 2.62 bits per heavy atom. The van der Waals surface area contributed by atoms with Gasteiger partial charge in [-0.3, -0.25) is 0 Å². The Morgan fingerprint density at radius 2 is 2.05 bits per heavy atom. The fraction of sp³-hybridized carbons (Fsp3) is 0.600. The van der Waals surface area contributed by atoms with Gasteiger partial charge in [-0.2, -0.15) is 0 Å². The van der Waals surface area contributed by atoms with Crippen molar-refractivity contribution >= 4 is 15.7 Å². The van der Waals surface area contributed by atoms with Gasteiger partial charge in [-0.1, -0.05) is 20.3 Å². The molecule has 1 aliphatic carbocycles. The van der Waals surface area contributed by atoms with E-state index in [1.165, 1.54) is 19.1 Å². The Morgan fingerprint density at radius 1 is 1.38 bits per heavy atom. The molecule has 0 aliphatic heterocycles. The van der Waals surface area contributed by atoms with Crippen molar-refractivity contribution < 1.29 is 12.8 Å². The molecule has 0 aromatic heterocycles. The number of benzene rings is 1. The van der Waals surface area contributed by atoms with Gasteiger partial charge in [-0.25, -0.2) is 17.5 Å². The van der Waals surface area contributed by atoms with Gasteiger partial charge >= 0.3 is 0 Å². The first-order valence-corrected chi connectivity index (χ1v) is 8.67. The maximum Gasteiger partial charge on any atom is 0.240 e. The van der Waals surface area contributed by atoms with Gasteiger partial charge in [0.15, 0.2) is 0 Å². The zero-order chi connectivity index (χ0) is 15.8. The van der Waals surface area contributed by atoms with E-state index in [0.717, 1.165) is 25.7 Å². The predicted octanol–water partition coefficient (Wildman–Crippen LogP) is 2.96. The lowest BCUT2D eigenvalue weighted by atomic mass is 9.75. The first-order chi connectivity index (χ1) is 9.61. The number of nitrogens with two attached hydrogens (primary N) is 1. The number of aryl methyl sites for hydroxylation is 1. The average Bonchev–Trinajstić information content (AvgIpc) is 2.33. The third kappa shape index (κ3) is 3.74. The van der Waals surface area contributed by atoms with Gasteiger partial charge in [0, 0.05) is 6.04 Å². The zero-order valence-corrected chi connectivity index (χ0v) is 13.6. The van der Waals surface area contributed by atoms with Crippen molar-refractivity contribution in [2.75, 3.05) is 5.73 Å². The number of nitrogens with one attached hydrogen (secondary N) is 1. The molecule has 0 heterocycles. The topological polar surface area (TPSA) is 72.2 Å². The molecule has 118 valence electrons. The molecule has 3 N–H and O–H groups in total. The third-order valence-electron chi connectivity index (χ3n) is 4.09. The van der Waals surface area contributed by atoms with Crippen LogP contribution in [0.2, 0.25) is 0 Å². The summed E-state index contributed by atoms with van der Waals surface area (Å²) in [5, 5.41) is 0. The molecule has 0 radical (unpaired) electrons. The monoisotopic (exact) mass is 314 g/mol. The summed E-state index contributed by atoms with van der Waals surface area (Å²) in [6.07, 6.45) is 3.75. The van der Waals surface area contributed by atoms with E-state index < -0.39 is 15.8 Å². The molecular weight excluding hydrogens is 291 g/mol. The van der Waals surface area contributed by atoms with Crippen LogP contribution in [0.15, 0.2) is 17.0 Å². The minimum absolute atomic E-state index is 0.0299. The summed E-state index contributed by atoms with van der Waals surface area (Å²) in [6.45, 7) is 5.80. The third-order valence-corrected chi connectivity index (χ3v) is 5.59. The summed E-state index contributed by atoms with van der Waals surface area (Å²) in [6, 6.07) is 2.42. The fourth-order valence-electron chi connectivity index (χ4n) is 3.00. The van der Waals surface area contributed by atoms with E-state index in [0.29, 0.717) is 0 Å². The van der Waals surface area contributed by atoms with Crippen LogP contribution in [-0.2, 0) is 10.0 Å². The van der Waals surface area contributed by atoms with E-state index in [1.807, 2.05) is 0 Å². The maximum atomic E-state index is 13.5. The fourth-order valence-corrected chi connectivity index (χ4v) is 4.39. The van der Waals surface area contributed by atoms with Crippen LogP contribution in [0, 0.1) is 18.2 Å². The highest BCUT2D eigenvalue weighted by Gasteiger charge is 2.31. The average molecular weight is 314 g/mol. The van der Waals surface area contributed by atoms with Crippen LogP contribution in [0.5, 0.6) is 0 Å². The number of hydrogen-bond acceptors (Lipinski definition) is 3. The van der Waals surface area contributed by atoms with Crippen molar-refractivity contribution in [1.82, 2.24) is 4.72 Å². The highest BCUT2D eigenvalue weighted by Crippen LogP contribution is 2.35. The number of rotatable bonds is 3. The highest BCUT2D eigenvalue weighted by atomic mass is 32.2. The molecule has 0 spiro atoms. The second kappa shape index (κ2) is 5.57. The molecule has 6 heteroatoms. The van der Waals surface area contributed by atoms with Crippen LogP contribution in [0.4, 0.5) is 10.1 Å². The van der Waals surface area contributed by atoms with Crippen LogP contribution >= 0.6 is 0 Å². The molecule has 1 unspecified atom stereocenters. The Bertz CT molecular complexity index is 618. The van der Waals surface area contributed by atoms with Gasteiger partial charge in [0.05, 0.1) is 10.6 Å². The van der Waals surface area contributed by atoms with Crippen molar-refractivity contribution in [3.8, 4) is 0 Å². The molecular formula is C15H23FN2O2S. The molecule has 1 aromatic carbocycles. The lowest BCUT2D eigenvalue weighted by molar-refractivity contribution is 0.212. The molecule has 2 rings (SSSR count). The Labute approximate surface area is 126 Å². The molecule has 21 heavy (non-hydrogen) atoms. The molecule has 4 nitrogen and oxygen atoms in total. The summed E-state index contributed by atoms with van der Waals surface area (Å²) in [7, 11) is -3.67. The summed E-state index contributed by atoms with van der Waals surface area (Å²) >= 11 is 0. The van der Waals surface area contributed by atoms with Crippen molar-refractivity contribution in [3.63, 3.8) is 0 Å². The van der Waals surface area contributed by atoms with E-state index >= 15 is 0 Å². The smallest absolute Gasteiger partial charge is 0.240 e. The molecule has 0 bridgehead atoms. The molecule has 1 atom stereocenters. The van der Waals surface area contributed by atoms with Crippen molar-refractivity contribution in [2.45, 2.75) is 57.4 Å². The van der Waals surface area contributed by atoms with E-state index in [9.17, 15) is 12.8 Å². The number of hydrogen-bond donors (Lipinski definition) is 2. The van der Waals surface area contributed by atoms with Gasteiger partial charge < -0.3 is 5.73 Å². The van der Waals surface area contributed by atoms with Gasteiger partial charge in [0.25, 0.3) is 0 Å². The van der Waals surface area contributed by atoms with Crippen molar-refractivity contribution in [3.05, 3.63) is 23.5 Å². The highest BCUT2D eigenvalue weighted by molar-refractivity contribution is 7.89. The normalized spacial score (nSPS) is 22.2. The first-order valence-electron chi connectivity index (χ1n) is 7.19. The van der Waals surface area contributed by atoms with Gasteiger partial charge in [-0.15, -0.1) is 0 Å². The summed E-state index contributed by atoms with van der Waals surface area (Å²) in [5.41, 5.74) is 5.77. The maximum absolute atomic E-state index is 13.5. The minimum atomic E-state index is -3.67. The summed E-state index contributed by atoms with van der Waals surface area (Å²) < 4.78 is 41.1. The second-order valence-electron chi connectivity index (χ2n) is 6.72. The minimum Gasteiger partial charge on any atom is -0.396 e.